The van der Waals surface area contributed by atoms with Crippen molar-refractivity contribution >= 4 is 39.4 Å². The highest BCUT2D eigenvalue weighted by molar-refractivity contribution is 9.10. The first kappa shape index (κ1) is 16.0. The van der Waals surface area contributed by atoms with Gasteiger partial charge in [0.15, 0.2) is 5.82 Å². The third-order valence-corrected chi connectivity index (χ3v) is 3.23. The largest absolute Gasteiger partial charge is 0.360 e. The zero-order chi connectivity index (χ0) is 16.1. The van der Waals surface area contributed by atoms with Gasteiger partial charge in [-0.25, -0.2) is 4.79 Å². The molecule has 0 spiro atoms. The first-order chi connectivity index (χ1) is 10.4. The quantitative estimate of drug-likeness (QED) is 0.774. The van der Waals surface area contributed by atoms with Crippen molar-refractivity contribution in [2.45, 2.75) is 13.8 Å². The number of hydrogen-bond acceptors (Lipinski definition) is 4. The summed E-state index contributed by atoms with van der Waals surface area (Å²) < 4.78 is 5.75. The fourth-order valence-electron chi connectivity index (χ4n) is 1.71. The highest BCUT2D eigenvalue weighted by Crippen LogP contribution is 2.19. The zero-order valence-corrected chi connectivity index (χ0v) is 13.7. The van der Waals surface area contributed by atoms with E-state index in [1.807, 2.05) is 19.1 Å². The Morgan fingerprint density at radius 3 is 2.64 bits per heavy atom. The summed E-state index contributed by atoms with van der Waals surface area (Å²) in [5, 5.41) is 11.2. The number of carbonyl (C=O) groups is 2. The maximum Gasteiger partial charge on any atom is 0.320 e. The van der Waals surface area contributed by atoms with Crippen molar-refractivity contribution in [2.24, 2.45) is 0 Å². The van der Waals surface area contributed by atoms with Crippen LogP contribution in [0.4, 0.5) is 16.3 Å². The number of aromatic nitrogens is 1. The molecule has 2 aromatic rings. The molecule has 0 bridgehead atoms. The minimum absolute atomic E-state index is 0.155. The summed E-state index contributed by atoms with van der Waals surface area (Å²) >= 11 is 3.35. The van der Waals surface area contributed by atoms with Crippen molar-refractivity contribution in [1.29, 1.82) is 0 Å². The molecule has 3 N–H and O–H groups in total. The highest BCUT2D eigenvalue weighted by Gasteiger charge is 2.09. The van der Waals surface area contributed by atoms with Crippen LogP contribution in [0.5, 0.6) is 0 Å². The number of aryl methyl sites for hydroxylation is 2. The standard InChI is InChI=1S/C14H15BrN4O3/c1-8-5-10(15)3-4-11(8)17-13(20)7-16-14(21)18-12-6-9(2)22-19-12/h3-6H,7H2,1-2H3,(H,17,20)(H2,16,18,19,21). The van der Waals surface area contributed by atoms with E-state index < -0.39 is 6.03 Å². The Balaban J connectivity index is 1.81. The molecule has 0 saturated carbocycles. The maximum absolute atomic E-state index is 11.8. The van der Waals surface area contributed by atoms with Crippen LogP contribution in [0.1, 0.15) is 11.3 Å². The van der Waals surface area contributed by atoms with Gasteiger partial charge in [-0.1, -0.05) is 21.1 Å². The molecule has 7 nitrogen and oxygen atoms in total. The molecule has 0 saturated heterocycles. The second kappa shape index (κ2) is 7.08. The highest BCUT2D eigenvalue weighted by atomic mass is 79.9. The fraction of sp³-hybridized carbons (Fsp3) is 0.214. The molecule has 0 radical (unpaired) electrons. The second-order valence-electron chi connectivity index (χ2n) is 4.64. The van der Waals surface area contributed by atoms with Crippen molar-refractivity contribution in [1.82, 2.24) is 10.5 Å². The fourth-order valence-corrected chi connectivity index (χ4v) is 2.18. The van der Waals surface area contributed by atoms with Crippen LogP contribution in [0.2, 0.25) is 0 Å². The average Bonchev–Trinajstić information content (AvgIpc) is 2.85. The lowest BCUT2D eigenvalue weighted by Gasteiger charge is -2.09. The summed E-state index contributed by atoms with van der Waals surface area (Å²) in [4.78, 5) is 23.4. The van der Waals surface area contributed by atoms with E-state index in [0.717, 1.165) is 10.0 Å². The Labute approximate surface area is 135 Å². The molecule has 22 heavy (non-hydrogen) atoms. The van der Waals surface area contributed by atoms with Gasteiger partial charge < -0.3 is 15.2 Å². The van der Waals surface area contributed by atoms with Crippen LogP contribution in [0.15, 0.2) is 33.3 Å². The molecule has 0 aliphatic rings. The molecule has 0 aliphatic heterocycles. The van der Waals surface area contributed by atoms with E-state index in [1.54, 1.807) is 19.1 Å². The van der Waals surface area contributed by atoms with E-state index in [1.165, 1.54) is 0 Å². The molecule has 0 fully saturated rings. The summed E-state index contributed by atoms with van der Waals surface area (Å²) in [6.07, 6.45) is 0. The molecular weight excluding hydrogens is 352 g/mol. The molecule has 0 unspecified atom stereocenters. The molecule has 0 aliphatic carbocycles. The summed E-state index contributed by atoms with van der Waals surface area (Å²) in [5.41, 5.74) is 1.62. The number of nitrogens with one attached hydrogen (secondary N) is 3. The minimum Gasteiger partial charge on any atom is -0.360 e. The molecule has 1 aromatic heterocycles. The smallest absolute Gasteiger partial charge is 0.320 e. The lowest BCUT2D eigenvalue weighted by molar-refractivity contribution is -0.115. The topological polar surface area (TPSA) is 96.3 Å². The SMILES string of the molecule is Cc1cc(NC(=O)NCC(=O)Nc2ccc(Br)cc2C)no1. The van der Waals surface area contributed by atoms with Gasteiger partial charge in [0.05, 0.1) is 6.54 Å². The normalized spacial score (nSPS) is 10.1. The number of halogens is 1. The van der Waals surface area contributed by atoms with Crippen molar-refractivity contribution in [3.05, 3.63) is 40.1 Å². The van der Waals surface area contributed by atoms with Gasteiger partial charge >= 0.3 is 6.03 Å². The molecule has 0 atom stereocenters. The number of rotatable bonds is 4. The Morgan fingerprint density at radius 2 is 2.00 bits per heavy atom. The number of amides is 3. The average molecular weight is 367 g/mol. The second-order valence-corrected chi connectivity index (χ2v) is 5.55. The van der Waals surface area contributed by atoms with Gasteiger partial charge in [0.25, 0.3) is 0 Å². The molecule has 1 aromatic carbocycles. The first-order valence-corrected chi connectivity index (χ1v) is 7.27. The monoisotopic (exact) mass is 366 g/mol. The molecule has 1 heterocycles. The number of benzene rings is 1. The summed E-state index contributed by atoms with van der Waals surface area (Å²) in [7, 11) is 0. The third-order valence-electron chi connectivity index (χ3n) is 2.74. The Hall–Kier alpha value is -2.35. The van der Waals surface area contributed by atoms with Crippen LogP contribution in [0.25, 0.3) is 0 Å². The molecule has 3 amide bonds. The Morgan fingerprint density at radius 1 is 1.23 bits per heavy atom. The number of carbonyl (C=O) groups excluding carboxylic acids is 2. The van der Waals surface area contributed by atoms with E-state index >= 15 is 0 Å². The van der Waals surface area contributed by atoms with Crippen LogP contribution in [-0.4, -0.2) is 23.6 Å². The van der Waals surface area contributed by atoms with Crippen LogP contribution >= 0.6 is 15.9 Å². The zero-order valence-electron chi connectivity index (χ0n) is 12.1. The van der Waals surface area contributed by atoms with Crippen molar-refractivity contribution < 1.29 is 14.1 Å². The van der Waals surface area contributed by atoms with Gasteiger partial charge in [0.1, 0.15) is 5.76 Å². The predicted octanol–water partition coefficient (Wildman–Crippen LogP) is 2.81. The van der Waals surface area contributed by atoms with E-state index in [2.05, 4.69) is 37.0 Å². The number of hydrogen-bond donors (Lipinski definition) is 3. The van der Waals surface area contributed by atoms with Gasteiger partial charge in [-0.05, 0) is 37.6 Å². The van der Waals surface area contributed by atoms with Crippen LogP contribution in [0.3, 0.4) is 0 Å². The lowest BCUT2D eigenvalue weighted by atomic mass is 10.2. The Kier molecular flexibility index (Phi) is 5.16. The number of anilines is 2. The molecule has 116 valence electrons. The number of urea groups is 1. The van der Waals surface area contributed by atoms with E-state index in [9.17, 15) is 9.59 Å². The van der Waals surface area contributed by atoms with E-state index in [-0.39, 0.29) is 12.5 Å². The van der Waals surface area contributed by atoms with Crippen LogP contribution < -0.4 is 16.0 Å². The molecule has 8 heteroatoms. The van der Waals surface area contributed by atoms with Gasteiger partial charge in [-0.15, -0.1) is 0 Å². The van der Waals surface area contributed by atoms with Crippen LogP contribution in [-0.2, 0) is 4.79 Å². The molecule has 2 rings (SSSR count). The predicted molar refractivity (Wildman–Crippen MR) is 85.8 cm³/mol. The van der Waals surface area contributed by atoms with E-state index in [0.29, 0.717) is 17.3 Å². The van der Waals surface area contributed by atoms with Crippen LogP contribution in [0, 0.1) is 13.8 Å². The van der Waals surface area contributed by atoms with Gasteiger partial charge in [0.2, 0.25) is 5.91 Å². The van der Waals surface area contributed by atoms with Gasteiger partial charge in [0, 0.05) is 16.2 Å². The lowest BCUT2D eigenvalue weighted by Crippen LogP contribution is -2.35. The maximum atomic E-state index is 11.8. The Bertz CT molecular complexity index is 699. The first-order valence-electron chi connectivity index (χ1n) is 6.48. The van der Waals surface area contributed by atoms with Crippen molar-refractivity contribution in [3.63, 3.8) is 0 Å². The number of nitrogens with zero attached hydrogens (tertiary/aromatic N) is 1. The van der Waals surface area contributed by atoms with Gasteiger partial charge in [-0.2, -0.15) is 0 Å². The van der Waals surface area contributed by atoms with Crippen molar-refractivity contribution in [2.75, 3.05) is 17.2 Å². The summed E-state index contributed by atoms with van der Waals surface area (Å²) in [5.74, 6) is 0.551. The summed E-state index contributed by atoms with van der Waals surface area (Å²) in [6.45, 7) is 3.44. The summed E-state index contributed by atoms with van der Waals surface area (Å²) in [6, 6.07) is 6.55. The van der Waals surface area contributed by atoms with E-state index in [4.69, 9.17) is 4.52 Å². The van der Waals surface area contributed by atoms with Gasteiger partial charge in [-0.3, -0.25) is 10.1 Å². The third kappa shape index (κ3) is 4.59. The minimum atomic E-state index is -0.532. The molecular formula is C14H15BrN4O3. The van der Waals surface area contributed by atoms with Crippen molar-refractivity contribution in [3.8, 4) is 0 Å².